The molecule has 1 aliphatic rings. The number of carbonyl (C=O) groups is 2. The first-order valence-corrected chi connectivity index (χ1v) is 8.09. The average Bonchev–Trinajstić information content (AvgIpc) is 2.62. The Hall–Kier alpha value is -3.08. The van der Waals surface area contributed by atoms with Crippen LogP contribution in [0.2, 0.25) is 0 Å². The summed E-state index contributed by atoms with van der Waals surface area (Å²) in [4.78, 5) is 26.2. The summed E-state index contributed by atoms with van der Waals surface area (Å²) in [6.45, 7) is 1.50. The van der Waals surface area contributed by atoms with Crippen molar-refractivity contribution in [3.8, 4) is 5.75 Å². The van der Waals surface area contributed by atoms with Crippen molar-refractivity contribution in [2.24, 2.45) is 0 Å². The van der Waals surface area contributed by atoms with Crippen LogP contribution in [-0.4, -0.2) is 23.8 Å². The third kappa shape index (κ3) is 3.55. The van der Waals surface area contributed by atoms with Crippen molar-refractivity contribution in [3.05, 3.63) is 65.9 Å². The summed E-state index contributed by atoms with van der Waals surface area (Å²) in [5.74, 6) is 0.329. The van der Waals surface area contributed by atoms with E-state index in [1.54, 1.807) is 30.3 Å². The van der Waals surface area contributed by atoms with E-state index in [2.05, 4.69) is 5.32 Å². The average molecular weight is 336 g/mol. The summed E-state index contributed by atoms with van der Waals surface area (Å²) < 4.78 is 5.26. The van der Waals surface area contributed by atoms with E-state index >= 15 is 0 Å². The second-order valence-corrected chi connectivity index (χ2v) is 5.84. The van der Waals surface area contributed by atoms with Crippen LogP contribution in [-0.2, 0) is 9.59 Å². The molecule has 1 aliphatic heterocycles. The van der Waals surface area contributed by atoms with E-state index in [9.17, 15) is 9.59 Å². The zero-order valence-electron chi connectivity index (χ0n) is 14.2. The monoisotopic (exact) mass is 336 g/mol. The molecule has 2 amide bonds. The first-order chi connectivity index (χ1) is 12.1. The maximum Gasteiger partial charge on any atom is 0.226 e. The maximum absolute atomic E-state index is 12.6. The summed E-state index contributed by atoms with van der Waals surface area (Å²) in [5, 5.41) is 2.87. The van der Waals surface area contributed by atoms with Gasteiger partial charge in [-0.15, -0.1) is 0 Å². The molecule has 0 spiro atoms. The number of benzene rings is 2. The second-order valence-electron chi connectivity index (χ2n) is 5.84. The molecule has 5 nitrogen and oxygen atoms in total. The Kier molecular flexibility index (Phi) is 4.84. The van der Waals surface area contributed by atoms with Gasteiger partial charge in [-0.25, -0.2) is 0 Å². The van der Waals surface area contributed by atoms with E-state index in [1.807, 2.05) is 42.5 Å². The number of para-hydroxylation sites is 2. The Labute approximate surface area is 146 Å². The van der Waals surface area contributed by atoms with Gasteiger partial charge in [0, 0.05) is 13.1 Å². The Morgan fingerprint density at radius 1 is 1.12 bits per heavy atom. The standard InChI is InChI=1S/C20H20N2O3/c1-14(23)22-12-11-15-7-3-4-8-16(15)18(22)13-20(24)21-17-9-5-6-10-19(17)25-2/h3-12,18H,13H2,1-2H3,(H,21,24). The number of hydrogen-bond acceptors (Lipinski definition) is 3. The minimum atomic E-state index is -0.326. The largest absolute Gasteiger partial charge is 0.495 e. The summed E-state index contributed by atoms with van der Waals surface area (Å²) in [6.07, 6.45) is 3.80. The molecule has 0 saturated heterocycles. The highest BCUT2D eigenvalue weighted by atomic mass is 16.5. The summed E-state index contributed by atoms with van der Waals surface area (Å²) >= 11 is 0. The number of amides is 2. The maximum atomic E-state index is 12.6. The molecule has 128 valence electrons. The van der Waals surface area contributed by atoms with E-state index in [0.717, 1.165) is 11.1 Å². The van der Waals surface area contributed by atoms with E-state index in [-0.39, 0.29) is 24.3 Å². The first-order valence-electron chi connectivity index (χ1n) is 8.09. The van der Waals surface area contributed by atoms with E-state index in [0.29, 0.717) is 11.4 Å². The van der Waals surface area contributed by atoms with Crippen molar-refractivity contribution < 1.29 is 14.3 Å². The van der Waals surface area contributed by atoms with E-state index < -0.39 is 0 Å². The fraction of sp³-hybridized carbons (Fsp3) is 0.200. The number of nitrogens with zero attached hydrogens (tertiary/aromatic N) is 1. The molecule has 2 aromatic rings. The number of hydrogen-bond donors (Lipinski definition) is 1. The zero-order valence-corrected chi connectivity index (χ0v) is 14.2. The van der Waals surface area contributed by atoms with Gasteiger partial charge in [0.25, 0.3) is 0 Å². The number of nitrogens with one attached hydrogen (secondary N) is 1. The Morgan fingerprint density at radius 2 is 1.84 bits per heavy atom. The van der Waals surface area contributed by atoms with Gasteiger partial charge in [-0.1, -0.05) is 36.4 Å². The van der Waals surface area contributed by atoms with E-state index in [4.69, 9.17) is 4.74 Å². The van der Waals surface area contributed by atoms with Crippen LogP contribution in [0, 0.1) is 0 Å². The number of fused-ring (bicyclic) bond motifs is 1. The molecule has 1 unspecified atom stereocenters. The molecule has 0 bridgehead atoms. The molecule has 0 saturated carbocycles. The Balaban J connectivity index is 1.83. The number of methoxy groups -OCH3 is 1. The number of anilines is 1. The molecule has 0 radical (unpaired) electrons. The Bertz CT molecular complexity index is 829. The van der Waals surface area contributed by atoms with Crippen molar-refractivity contribution >= 4 is 23.6 Å². The zero-order chi connectivity index (χ0) is 17.8. The minimum Gasteiger partial charge on any atom is -0.495 e. The summed E-state index contributed by atoms with van der Waals surface area (Å²) in [6, 6.07) is 14.7. The van der Waals surface area contributed by atoms with Crippen LogP contribution in [0.15, 0.2) is 54.7 Å². The minimum absolute atomic E-state index is 0.0964. The summed E-state index contributed by atoms with van der Waals surface area (Å²) in [7, 11) is 1.56. The third-order valence-electron chi connectivity index (χ3n) is 4.23. The molecule has 0 fully saturated rings. The van der Waals surface area contributed by atoms with Crippen molar-refractivity contribution in [1.29, 1.82) is 0 Å². The highest BCUT2D eigenvalue weighted by Crippen LogP contribution is 2.33. The molecule has 5 heteroatoms. The van der Waals surface area contributed by atoms with Gasteiger partial charge < -0.3 is 15.0 Å². The number of carbonyl (C=O) groups excluding carboxylic acids is 2. The SMILES string of the molecule is COc1ccccc1NC(=O)CC1c2ccccc2C=CN1C(C)=O. The highest BCUT2D eigenvalue weighted by molar-refractivity contribution is 5.93. The van der Waals surface area contributed by atoms with Crippen molar-refractivity contribution in [3.63, 3.8) is 0 Å². The molecule has 1 heterocycles. The van der Waals surface area contributed by atoms with Crippen LogP contribution in [0.4, 0.5) is 5.69 Å². The van der Waals surface area contributed by atoms with Gasteiger partial charge in [-0.2, -0.15) is 0 Å². The van der Waals surface area contributed by atoms with Gasteiger partial charge in [-0.3, -0.25) is 9.59 Å². The van der Waals surface area contributed by atoms with Crippen LogP contribution in [0.5, 0.6) is 5.75 Å². The van der Waals surface area contributed by atoms with E-state index in [1.165, 1.54) is 6.92 Å². The lowest BCUT2D eigenvalue weighted by Gasteiger charge is -2.32. The van der Waals surface area contributed by atoms with Gasteiger partial charge in [0.2, 0.25) is 11.8 Å². The van der Waals surface area contributed by atoms with Gasteiger partial charge in [0.05, 0.1) is 25.3 Å². The van der Waals surface area contributed by atoms with Crippen LogP contribution in [0.25, 0.3) is 6.08 Å². The van der Waals surface area contributed by atoms with Gasteiger partial charge in [0.15, 0.2) is 0 Å². The van der Waals surface area contributed by atoms with Crippen molar-refractivity contribution in [2.75, 3.05) is 12.4 Å². The lowest BCUT2D eigenvalue weighted by atomic mass is 9.93. The molecule has 1 N–H and O–H groups in total. The fourth-order valence-electron chi connectivity index (χ4n) is 3.04. The van der Waals surface area contributed by atoms with Gasteiger partial charge in [0.1, 0.15) is 5.75 Å². The molecule has 25 heavy (non-hydrogen) atoms. The van der Waals surface area contributed by atoms with Crippen LogP contribution >= 0.6 is 0 Å². The molecule has 2 aromatic carbocycles. The lowest BCUT2D eigenvalue weighted by molar-refractivity contribution is -0.129. The quantitative estimate of drug-likeness (QED) is 0.928. The normalized spacial score (nSPS) is 15.4. The molecular weight excluding hydrogens is 316 g/mol. The Morgan fingerprint density at radius 3 is 2.60 bits per heavy atom. The van der Waals surface area contributed by atoms with Crippen molar-refractivity contribution in [1.82, 2.24) is 4.90 Å². The second kappa shape index (κ2) is 7.21. The number of rotatable bonds is 4. The number of ether oxygens (including phenoxy) is 1. The topological polar surface area (TPSA) is 58.6 Å². The molecule has 3 rings (SSSR count). The van der Waals surface area contributed by atoms with Crippen LogP contribution < -0.4 is 10.1 Å². The molecule has 0 aliphatic carbocycles. The molecule has 0 aromatic heterocycles. The lowest BCUT2D eigenvalue weighted by Crippen LogP contribution is -2.33. The van der Waals surface area contributed by atoms with Gasteiger partial charge >= 0.3 is 0 Å². The molecular formula is C20H20N2O3. The smallest absolute Gasteiger partial charge is 0.226 e. The van der Waals surface area contributed by atoms with Crippen LogP contribution in [0.1, 0.15) is 30.5 Å². The predicted octanol–water partition coefficient (Wildman–Crippen LogP) is 3.60. The summed E-state index contributed by atoms with van der Waals surface area (Å²) in [5.41, 5.74) is 2.61. The fourth-order valence-corrected chi connectivity index (χ4v) is 3.04. The van der Waals surface area contributed by atoms with Crippen molar-refractivity contribution in [2.45, 2.75) is 19.4 Å². The predicted molar refractivity (Wildman–Crippen MR) is 97.0 cm³/mol. The first kappa shape index (κ1) is 16.8. The third-order valence-corrected chi connectivity index (χ3v) is 4.23. The van der Waals surface area contributed by atoms with Crippen LogP contribution in [0.3, 0.4) is 0 Å². The van der Waals surface area contributed by atoms with Gasteiger partial charge in [-0.05, 0) is 29.3 Å². The highest BCUT2D eigenvalue weighted by Gasteiger charge is 2.28. The molecule has 1 atom stereocenters.